The van der Waals surface area contributed by atoms with Gasteiger partial charge in [0, 0.05) is 17.9 Å². The van der Waals surface area contributed by atoms with Gasteiger partial charge in [-0.15, -0.1) is 0 Å². The Balaban J connectivity index is 1.31. The van der Waals surface area contributed by atoms with Crippen molar-refractivity contribution < 1.29 is 9.59 Å². The molecule has 1 unspecified atom stereocenters. The van der Waals surface area contributed by atoms with Gasteiger partial charge in [-0.3, -0.25) is 9.59 Å². The minimum atomic E-state index is -0.386. The van der Waals surface area contributed by atoms with Crippen LogP contribution in [0.4, 0.5) is 17.1 Å². The van der Waals surface area contributed by atoms with Crippen molar-refractivity contribution in [1.82, 2.24) is 4.90 Å². The molecule has 3 aromatic rings. The van der Waals surface area contributed by atoms with Crippen LogP contribution >= 0.6 is 12.2 Å². The predicted molar refractivity (Wildman–Crippen MR) is 149 cm³/mol. The molecule has 3 aromatic carbocycles. The Morgan fingerprint density at radius 3 is 2.47 bits per heavy atom. The van der Waals surface area contributed by atoms with Crippen molar-refractivity contribution in [3.8, 4) is 0 Å². The second-order valence-electron chi connectivity index (χ2n) is 9.62. The quantitative estimate of drug-likeness (QED) is 0.437. The molecule has 2 aliphatic heterocycles. The molecule has 36 heavy (non-hydrogen) atoms. The molecular formula is C29H30N4O2S. The number of hydrogen-bond acceptors (Lipinski definition) is 3. The van der Waals surface area contributed by atoms with E-state index in [-0.39, 0.29) is 17.9 Å². The van der Waals surface area contributed by atoms with Crippen LogP contribution in [0.3, 0.4) is 0 Å². The van der Waals surface area contributed by atoms with E-state index < -0.39 is 0 Å². The van der Waals surface area contributed by atoms with E-state index in [1.54, 1.807) is 9.80 Å². The lowest BCUT2D eigenvalue weighted by Gasteiger charge is -2.26. The first-order chi connectivity index (χ1) is 17.4. The van der Waals surface area contributed by atoms with E-state index in [0.29, 0.717) is 41.8 Å². The SMILES string of the molecule is CC(C)c1ccccc1NC(=S)Nc1ccc(CN2C(=O)C3CCCN3C(=O)c3ccccc32)cc1. The summed E-state index contributed by atoms with van der Waals surface area (Å²) in [5.74, 6) is 0.319. The molecule has 1 saturated heterocycles. The van der Waals surface area contributed by atoms with Crippen LogP contribution < -0.4 is 15.5 Å². The molecule has 5 rings (SSSR count). The molecule has 2 N–H and O–H groups in total. The summed E-state index contributed by atoms with van der Waals surface area (Å²) in [6.45, 7) is 5.35. The van der Waals surface area contributed by atoms with Gasteiger partial charge in [0.25, 0.3) is 5.91 Å². The monoisotopic (exact) mass is 498 g/mol. The molecule has 1 atom stereocenters. The van der Waals surface area contributed by atoms with Gasteiger partial charge in [-0.2, -0.15) is 0 Å². The number of carbonyl (C=O) groups excluding carboxylic acids is 2. The van der Waals surface area contributed by atoms with Crippen molar-refractivity contribution in [3.63, 3.8) is 0 Å². The molecule has 2 aliphatic rings. The third-order valence-electron chi connectivity index (χ3n) is 6.87. The van der Waals surface area contributed by atoms with Crippen molar-refractivity contribution in [2.45, 2.75) is 45.2 Å². The van der Waals surface area contributed by atoms with Crippen molar-refractivity contribution in [1.29, 1.82) is 0 Å². The maximum atomic E-state index is 13.5. The van der Waals surface area contributed by atoms with Gasteiger partial charge in [0.15, 0.2) is 5.11 Å². The zero-order valence-corrected chi connectivity index (χ0v) is 21.3. The summed E-state index contributed by atoms with van der Waals surface area (Å²) < 4.78 is 0. The molecule has 0 saturated carbocycles. The minimum absolute atomic E-state index is 0.0119. The van der Waals surface area contributed by atoms with Crippen LogP contribution in [-0.4, -0.2) is 34.4 Å². The molecule has 6 nitrogen and oxygen atoms in total. The van der Waals surface area contributed by atoms with Crippen molar-refractivity contribution in [2.24, 2.45) is 0 Å². The van der Waals surface area contributed by atoms with Crippen LogP contribution in [0.2, 0.25) is 0 Å². The highest BCUT2D eigenvalue weighted by Gasteiger charge is 2.41. The summed E-state index contributed by atoms with van der Waals surface area (Å²) in [6.07, 6.45) is 1.57. The van der Waals surface area contributed by atoms with Gasteiger partial charge in [-0.05, 0) is 72.4 Å². The van der Waals surface area contributed by atoms with Crippen molar-refractivity contribution in [2.75, 3.05) is 22.1 Å². The molecule has 1 fully saturated rings. The largest absolute Gasteiger partial charge is 0.332 e. The summed E-state index contributed by atoms with van der Waals surface area (Å²) >= 11 is 5.54. The lowest BCUT2D eigenvalue weighted by atomic mass is 10.0. The number of benzene rings is 3. The number of para-hydroxylation sites is 2. The number of fused-ring (bicyclic) bond motifs is 2. The Morgan fingerprint density at radius 1 is 0.972 bits per heavy atom. The van der Waals surface area contributed by atoms with Gasteiger partial charge < -0.3 is 20.4 Å². The summed E-state index contributed by atoms with van der Waals surface area (Å²) in [6, 6.07) is 23.1. The second-order valence-corrected chi connectivity index (χ2v) is 10.0. The number of hydrogen-bond donors (Lipinski definition) is 2. The molecule has 0 aliphatic carbocycles. The molecule has 0 aromatic heterocycles. The highest BCUT2D eigenvalue weighted by molar-refractivity contribution is 7.80. The third-order valence-corrected chi connectivity index (χ3v) is 7.08. The van der Waals surface area contributed by atoms with E-state index in [0.717, 1.165) is 23.4 Å². The lowest BCUT2D eigenvalue weighted by Crippen LogP contribution is -2.44. The standard InChI is InChI=1S/C29H30N4O2S/c1-19(2)22-8-3-5-10-24(22)31-29(36)30-21-15-13-20(14-16-21)18-33-25-11-6-4-9-23(25)27(34)32-17-7-12-26(32)28(33)35/h3-6,8-11,13-16,19,26H,7,12,17-18H2,1-2H3,(H2,30,31,36). The van der Waals surface area contributed by atoms with Crippen LogP contribution in [-0.2, 0) is 11.3 Å². The second kappa shape index (κ2) is 10.1. The van der Waals surface area contributed by atoms with Crippen LogP contribution in [0.25, 0.3) is 0 Å². The Hall–Kier alpha value is -3.71. The Bertz CT molecular complexity index is 1300. The Labute approximate surface area is 217 Å². The molecule has 2 amide bonds. The maximum absolute atomic E-state index is 13.5. The first kappa shape index (κ1) is 24.0. The zero-order chi connectivity index (χ0) is 25.2. The average Bonchev–Trinajstić information content (AvgIpc) is 3.35. The average molecular weight is 499 g/mol. The Kier molecular flexibility index (Phi) is 6.74. The van der Waals surface area contributed by atoms with Crippen LogP contribution in [0.15, 0.2) is 72.8 Å². The molecule has 0 spiro atoms. The van der Waals surface area contributed by atoms with E-state index >= 15 is 0 Å². The number of thiocarbonyl (C=S) groups is 1. The fourth-order valence-electron chi connectivity index (χ4n) is 5.05. The lowest BCUT2D eigenvalue weighted by molar-refractivity contribution is -0.122. The van der Waals surface area contributed by atoms with Gasteiger partial charge in [0.2, 0.25) is 5.91 Å². The van der Waals surface area contributed by atoms with Gasteiger partial charge >= 0.3 is 0 Å². The summed E-state index contributed by atoms with van der Waals surface area (Å²) in [7, 11) is 0. The van der Waals surface area contributed by atoms with Gasteiger partial charge in [0.1, 0.15) is 6.04 Å². The van der Waals surface area contributed by atoms with Crippen molar-refractivity contribution >= 4 is 46.2 Å². The van der Waals surface area contributed by atoms with Crippen molar-refractivity contribution in [3.05, 3.63) is 89.5 Å². The zero-order valence-electron chi connectivity index (χ0n) is 20.5. The van der Waals surface area contributed by atoms with Gasteiger partial charge in [-0.1, -0.05) is 56.3 Å². The molecule has 2 heterocycles. The molecular weight excluding hydrogens is 468 g/mol. The Morgan fingerprint density at radius 2 is 1.69 bits per heavy atom. The highest BCUT2D eigenvalue weighted by Crippen LogP contribution is 2.33. The van der Waals surface area contributed by atoms with E-state index in [4.69, 9.17) is 12.2 Å². The number of nitrogens with zero attached hydrogens (tertiary/aromatic N) is 2. The van der Waals surface area contributed by atoms with Crippen LogP contribution in [0.5, 0.6) is 0 Å². The number of anilines is 3. The summed E-state index contributed by atoms with van der Waals surface area (Å²) in [4.78, 5) is 30.1. The van der Waals surface area contributed by atoms with E-state index in [1.165, 1.54) is 5.56 Å². The van der Waals surface area contributed by atoms with E-state index in [1.807, 2.05) is 66.7 Å². The predicted octanol–water partition coefficient (Wildman–Crippen LogP) is 5.77. The molecule has 0 bridgehead atoms. The van der Waals surface area contributed by atoms with Gasteiger partial charge in [-0.25, -0.2) is 0 Å². The summed E-state index contributed by atoms with van der Waals surface area (Å²) in [5.41, 5.74) is 5.31. The summed E-state index contributed by atoms with van der Waals surface area (Å²) in [5, 5.41) is 7.07. The van der Waals surface area contributed by atoms with E-state index in [9.17, 15) is 9.59 Å². The highest BCUT2D eigenvalue weighted by atomic mass is 32.1. The smallest absolute Gasteiger partial charge is 0.256 e. The number of nitrogens with one attached hydrogen (secondary N) is 2. The fraction of sp³-hybridized carbons (Fsp3) is 0.276. The topological polar surface area (TPSA) is 64.7 Å². The first-order valence-corrected chi connectivity index (χ1v) is 12.8. The number of amides is 2. The van der Waals surface area contributed by atoms with Crippen LogP contribution in [0, 0.1) is 0 Å². The van der Waals surface area contributed by atoms with Gasteiger partial charge in [0.05, 0.1) is 17.8 Å². The minimum Gasteiger partial charge on any atom is -0.332 e. The maximum Gasteiger partial charge on any atom is 0.256 e. The normalized spacial score (nSPS) is 17.0. The molecule has 184 valence electrons. The van der Waals surface area contributed by atoms with E-state index in [2.05, 4.69) is 30.5 Å². The molecule has 0 radical (unpaired) electrons. The van der Waals surface area contributed by atoms with Crippen LogP contribution in [0.1, 0.15) is 54.1 Å². The first-order valence-electron chi connectivity index (χ1n) is 12.4. The molecule has 7 heteroatoms. The number of carbonyl (C=O) groups is 2. The number of rotatable bonds is 5. The third kappa shape index (κ3) is 4.71. The fourth-order valence-corrected chi connectivity index (χ4v) is 5.28.